The number of aromatic amines is 2. The maximum Gasteiger partial charge on any atom is 0.417 e. The Morgan fingerprint density at radius 2 is 1.76 bits per heavy atom. The number of nitrogens with zero attached hydrogens (tertiary/aromatic N) is 1. The molecule has 3 aromatic rings. The molecule has 1 aromatic carbocycles. The lowest BCUT2D eigenvalue weighted by Gasteiger charge is -2.16. The molecule has 0 saturated heterocycles. The number of pyridine rings is 1. The van der Waals surface area contributed by atoms with Crippen molar-refractivity contribution < 1.29 is 22.0 Å². The van der Waals surface area contributed by atoms with Crippen molar-refractivity contribution in [3.05, 3.63) is 59.9 Å². The molecule has 11 heteroatoms. The second kappa shape index (κ2) is 5.89. The van der Waals surface area contributed by atoms with Crippen LogP contribution in [0, 0.1) is 15.2 Å². The highest BCUT2D eigenvalue weighted by Crippen LogP contribution is 2.41. The first kappa shape index (κ1) is 17.5. The first-order chi connectivity index (χ1) is 11.6. The van der Waals surface area contributed by atoms with Crippen LogP contribution in [-0.2, 0) is 6.18 Å². The third kappa shape index (κ3) is 3.03. The van der Waals surface area contributed by atoms with E-state index in [2.05, 4.69) is 9.97 Å². The fourth-order valence-corrected chi connectivity index (χ4v) is 3.29. The maximum atomic E-state index is 14.0. The molecule has 0 saturated carbocycles. The Labute approximate surface area is 148 Å². The number of alkyl halides is 3. The van der Waals surface area contributed by atoms with Crippen molar-refractivity contribution in [3.63, 3.8) is 0 Å². The molecule has 2 N–H and O–H groups in total. The molecule has 0 radical (unpaired) electrons. The zero-order valence-corrected chi connectivity index (χ0v) is 13.9. The summed E-state index contributed by atoms with van der Waals surface area (Å²) in [5.41, 5.74) is -4.95. The average Bonchev–Trinajstić information content (AvgIpc) is 2.48. The Morgan fingerprint density at radius 3 is 2.36 bits per heavy atom. The van der Waals surface area contributed by atoms with Crippen molar-refractivity contribution in [3.8, 4) is 11.3 Å². The molecule has 130 valence electrons. The van der Waals surface area contributed by atoms with Gasteiger partial charge in [-0.15, -0.1) is 0 Å². The molecule has 0 bridgehead atoms. The summed E-state index contributed by atoms with van der Waals surface area (Å²) in [7, 11) is 0. The van der Waals surface area contributed by atoms with Crippen LogP contribution in [0.15, 0.2) is 27.9 Å². The molecule has 0 aliphatic carbocycles. The summed E-state index contributed by atoms with van der Waals surface area (Å²) in [4.78, 5) is 30.7. The van der Waals surface area contributed by atoms with Gasteiger partial charge in [0.1, 0.15) is 11.5 Å². The Balaban J connectivity index is 2.54. The van der Waals surface area contributed by atoms with Gasteiger partial charge in [0.05, 0.1) is 22.7 Å². The van der Waals surface area contributed by atoms with Crippen LogP contribution in [-0.4, -0.2) is 15.0 Å². The maximum absolute atomic E-state index is 14.0. The smallest absolute Gasteiger partial charge is 0.306 e. The van der Waals surface area contributed by atoms with Gasteiger partial charge in [-0.3, -0.25) is 14.8 Å². The SMILES string of the molecule is O=c1[nH]c(=O)c2cc(C(F)(F)F)c(-c3ncc(F)cc3F)c(I)c2[nH]1. The van der Waals surface area contributed by atoms with Gasteiger partial charge < -0.3 is 4.98 Å². The van der Waals surface area contributed by atoms with Crippen molar-refractivity contribution in [2.75, 3.05) is 0 Å². The molecule has 0 aliphatic heterocycles. The Hall–Kier alpha value is -2.31. The number of halogens is 6. The normalized spacial score (nSPS) is 11.9. The van der Waals surface area contributed by atoms with Crippen LogP contribution in [0.25, 0.3) is 22.2 Å². The van der Waals surface area contributed by atoms with Crippen molar-refractivity contribution in [2.45, 2.75) is 6.18 Å². The molecule has 5 nitrogen and oxygen atoms in total. The molecule has 0 spiro atoms. The average molecular weight is 469 g/mol. The topological polar surface area (TPSA) is 78.6 Å². The fourth-order valence-electron chi connectivity index (χ4n) is 2.32. The lowest BCUT2D eigenvalue weighted by Crippen LogP contribution is -2.23. The third-order valence-corrected chi connectivity index (χ3v) is 4.41. The van der Waals surface area contributed by atoms with Crippen molar-refractivity contribution in [2.24, 2.45) is 0 Å². The summed E-state index contributed by atoms with van der Waals surface area (Å²) in [5, 5.41) is -0.428. The van der Waals surface area contributed by atoms with Gasteiger partial charge in [0.15, 0.2) is 5.82 Å². The molecule has 2 aromatic heterocycles. The zero-order chi connectivity index (χ0) is 18.5. The van der Waals surface area contributed by atoms with Crippen LogP contribution in [0.2, 0.25) is 0 Å². The Morgan fingerprint density at radius 1 is 1.08 bits per heavy atom. The summed E-state index contributed by atoms with van der Waals surface area (Å²) in [6.45, 7) is 0. The van der Waals surface area contributed by atoms with Crippen molar-refractivity contribution in [1.29, 1.82) is 0 Å². The summed E-state index contributed by atoms with van der Waals surface area (Å²) < 4.78 is 67.2. The number of benzene rings is 1. The minimum atomic E-state index is -4.95. The lowest BCUT2D eigenvalue weighted by atomic mass is 10.0. The third-order valence-electron chi connectivity index (χ3n) is 3.33. The molecule has 25 heavy (non-hydrogen) atoms. The first-order valence-electron chi connectivity index (χ1n) is 6.47. The van der Waals surface area contributed by atoms with Crippen molar-refractivity contribution >= 4 is 33.5 Å². The highest BCUT2D eigenvalue weighted by Gasteiger charge is 2.37. The standard InChI is InChI=1S/C14H5F5IN3O2/c15-4-1-7(16)11(21-3-4)8-6(14(17,18)19)2-5-10(9(8)20)22-13(25)23-12(5)24/h1-3H,(H2,22,23,24,25). The van der Waals surface area contributed by atoms with E-state index in [0.717, 1.165) is 0 Å². The lowest BCUT2D eigenvalue weighted by molar-refractivity contribution is -0.137. The van der Waals surface area contributed by atoms with Gasteiger partial charge in [0.25, 0.3) is 5.56 Å². The summed E-state index contributed by atoms with van der Waals surface area (Å²) in [6.07, 6.45) is -4.38. The van der Waals surface area contributed by atoms with Gasteiger partial charge in [-0.25, -0.2) is 13.6 Å². The van der Waals surface area contributed by atoms with Crippen LogP contribution in [0.3, 0.4) is 0 Å². The molecule has 0 aliphatic rings. The Bertz CT molecular complexity index is 1120. The van der Waals surface area contributed by atoms with E-state index in [1.807, 2.05) is 4.98 Å². The van der Waals surface area contributed by atoms with Gasteiger partial charge >= 0.3 is 11.9 Å². The van der Waals surface area contributed by atoms with Crippen LogP contribution in [0.4, 0.5) is 22.0 Å². The number of rotatable bonds is 1. The Kier molecular flexibility index (Phi) is 4.13. The number of aromatic nitrogens is 3. The fraction of sp³-hybridized carbons (Fsp3) is 0.0714. The number of H-pyrrole nitrogens is 2. The second-order valence-corrected chi connectivity index (χ2v) is 6.00. The highest BCUT2D eigenvalue weighted by molar-refractivity contribution is 14.1. The molecule has 2 heterocycles. The number of hydrogen-bond acceptors (Lipinski definition) is 3. The van der Waals surface area contributed by atoms with E-state index in [4.69, 9.17) is 0 Å². The first-order valence-corrected chi connectivity index (χ1v) is 7.55. The minimum absolute atomic E-state index is 0.206. The van der Waals surface area contributed by atoms with E-state index in [1.165, 1.54) is 22.6 Å². The van der Waals surface area contributed by atoms with Gasteiger partial charge in [-0.2, -0.15) is 13.2 Å². The molecule has 0 amide bonds. The van der Waals surface area contributed by atoms with Gasteiger partial charge in [0, 0.05) is 15.2 Å². The van der Waals surface area contributed by atoms with E-state index in [-0.39, 0.29) is 9.09 Å². The van der Waals surface area contributed by atoms with Crippen LogP contribution >= 0.6 is 22.6 Å². The molecule has 0 atom stereocenters. The number of fused-ring (bicyclic) bond motifs is 1. The van der Waals surface area contributed by atoms with E-state index >= 15 is 0 Å². The minimum Gasteiger partial charge on any atom is -0.306 e. The van der Waals surface area contributed by atoms with E-state index in [1.54, 1.807) is 0 Å². The van der Waals surface area contributed by atoms with E-state index in [0.29, 0.717) is 18.3 Å². The summed E-state index contributed by atoms with van der Waals surface area (Å²) in [5.74, 6) is -2.37. The summed E-state index contributed by atoms with van der Waals surface area (Å²) >= 11 is 1.44. The molecule has 3 rings (SSSR count). The van der Waals surface area contributed by atoms with Crippen LogP contribution < -0.4 is 11.2 Å². The quantitative estimate of drug-likeness (QED) is 0.425. The summed E-state index contributed by atoms with van der Waals surface area (Å²) in [6, 6.07) is 0.884. The monoisotopic (exact) mass is 469 g/mol. The molecular weight excluding hydrogens is 464 g/mol. The second-order valence-electron chi connectivity index (χ2n) is 4.93. The predicted molar refractivity (Wildman–Crippen MR) is 86.1 cm³/mol. The van der Waals surface area contributed by atoms with Gasteiger partial charge in [-0.05, 0) is 28.7 Å². The van der Waals surface area contributed by atoms with Gasteiger partial charge in [0.2, 0.25) is 0 Å². The predicted octanol–water partition coefficient (Wildman–Crippen LogP) is 3.18. The largest absolute Gasteiger partial charge is 0.417 e. The number of hydrogen-bond donors (Lipinski definition) is 2. The van der Waals surface area contributed by atoms with E-state index in [9.17, 15) is 31.5 Å². The van der Waals surface area contributed by atoms with Gasteiger partial charge in [-0.1, -0.05) is 0 Å². The highest BCUT2D eigenvalue weighted by atomic mass is 127. The molecule has 0 unspecified atom stereocenters. The van der Waals surface area contributed by atoms with Crippen LogP contribution in [0.5, 0.6) is 0 Å². The van der Waals surface area contributed by atoms with Crippen molar-refractivity contribution in [1.82, 2.24) is 15.0 Å². The van der Waals surface area contributed by atoms with Crippen LogP contribution in [0.1, 0.15) is 5.56 Å². The zero-order valence-electron chi connectivity index (χ0n) is 11.8. The number of nitrogens with one attached hydrogen (secondary N) is 2. The molecule has 0 fully saturated rings. The molecular formula is C14H5F5IN3O2. The van der Waals surface area contributed by atoms with E-state index < -0.39 is 51.3 Å².